The van der Waals surface area contributed by atoms with E-state index in [1.54, 1.807) is 0 Å². The quantitative estimate of drug-likeness (QED) is 0.643. The lowest BCUT2D eigenvalue weighted by atomic mass is 9.78. The van der Waals surface area contributed by atoms with Crippen molar-refractivity contribution >= 4 is 0 Å². The van der Waals surface area contributed by atoms with E-state index in [0.29, 0.717) is 11.8 Å². The first-order chi connectivity index (χ1) is 5.45. The number of aliphatic hydroxyl groups is 1. The van der Waals surface area contributed by atoms with E-state index >= 15 is 0 Å². The van der Waals surface area contributed by atoms with Crippen LogP contribution in [0.5, 0.6) is 0 Å². The van der Waals surface area contributed by atoms with Crippen molar-refractivity contribution < 1.29 is 5.11 Å². The van der Waals surface area contributed by atoms with Crippen molar-refractivity contribution in [2.45, 2.75) is 46.6 Å². The van der Waals surface area contributed by atoms with E-state index in [-0.39, 0.29) is 0 Å². The molecule has 0 saturated carbocycles. The number of hydrogen-bond donors (Lipinski definition) is 1. The van der Waals surface area contributed by atoms with Crippen molar-refractivity contribution in [3.05, 3.63) is 12.2 Å². The lowest BCUT2D eigenvalue weighted by Crippen LogP contribution is -2.40. The van der Waals surface area contributed by atoms with Crippen LogP contribution < -0.4 is 0 Å². The van der Waals surface area contributed by atoms with Crippen LogP contribution in [0.4, 0.5) is 0 Å². The second-order valence-corrected chi connectivity index (χ2v) is 4.07. The Morgan fingerprint density at radius 3 is 1.83 bits per heavy atom. The maximum absolute atomic E-state index is 10.2. The molecule has 0 rings (SSSR count). The van der Waals surface area contributed by atoms with Gasteiger partial charge in [-0.2, -0.15) is 0 Å². The predicted octanol–water partition coefficient (Wildman–Crippen LogP) is 3.00. The summed E-state index contributed by atoms with van der Waals surface area (Å²) >= 11 is 0. The van der Waals surface area contributed by atoms with Crippen LogP contribution in [0.25, 0.3) is 0 Å². The minimum absolute atomic E-state index is 0.314. The van der Waals surface area contributed by atoms with Crippen LogP contribution in [0.3, 0.4) is 0 Å². The summed E-state index contributed by atoms with van der Waals surface area (Å²) in [7, 11) is 0. The van der Waals surface area contributed by atoms with Gasteiger partial charge in [-0.25, -0.2) is 0 Å². The fourth-order valence-corrected chi connectivity index (χ4v) is 1.44. The van der Waals surface area contributed by atoms with E-state index in [0.717, 1.165) is 6.42 Å². The summed E-state index contributed by atoms with van der Waals surface area (Å²) < 4.78 is 0. The molecule has 0 atom stereocenters. The monoisotopic (exact) mass is 170 g/mol. The van der Waals surface area contributed by atoms with Gasteiger partial charge in [0.25, 0.3) is 0 Å². The molecule has 0 heterocycles. The molecule has 1 nitrogen and oxygen atoms in total. The van der Waals surface area contributed by atoms with Crippen LogP contribution in [0.1, 0.15) is 41.0 Å². The minimum Gasteiger partial charge on any atom is -0.389 e. The van der Waals surface area contributed by atoms with Crippen molar-refractivity contribution in [1.29, 1.82) is 0 Å². The molecule has 0 aromatic carbocycles. The molecular formula is C11H22O. The number of rotatable bonds is 4. The van der Waals surface area contributed by atoms with Crippen LogP contribution in [0.15, 0.2) is 12.2 Å². The zero-order valence-corrected chi connectivity index (χ0v) is 8.96. The molecular weight excluding hydrogens is 148 g/mol. The summed E-state index contributed by atoms with van der Waals surface area (Å²) in [6.45, 7) is 10.3. The van der Waals surface area contributed by atoms with Crippen LogP contribution in [0.2, 0.25) is 0 Å². The van der Waals surface area contributed by atoms with Gasteiger partial charge in [0.2, 0.25) is 0 Å². The summed E-state index contributed by atoms with van der Waals surface area (Å²) in [6, 6.07) is 0. The Kier molecular flexibility index (Phi) is 4.54. The summed E-state index contributed by atoms with van der Waals surface area (Å²) in [6.07, 6.45) is 4.80. The summed E-state index contributed by atoms with van der Waals surface area (Å²) in [5.41, 5.74) is -0.535. The highest BCUT2D eigenvalue weighted by Crippen LogP contribution is 2.29. The normalized spacial score (nSPS) is 13.7. The average Bonchev–Trinajstić information content (AvgIpc) is 1.99. The molecule has 0 aliphatic heterocycles. The number of allylic oxidation sites excluding steroid dienone is 1. The molecule has 0 aromatic rings. The Labute approximate surface area is 76.5 Å². The Morgan fingerprint density at radius 2 is 1.58 bits per heavy atom. The Balaban J connectivity index is 4.39. The lowest BCUT2D eigenvalue weighted by Gasteiger charge is -2.35. The molecule has 1 heteroatoms. The standard InChI is InChI=1S/C11H22O/c1-6-7-8-11(12,9(2)3)10(4)5/h6-7,9-10,12H,8H2,1-5H3/b7-6+. The molecule has 0 aromatic heterocycles. The van der Waals surface area contributed by atoms with E-state index in [1.165, 1.54) is 0 Å². The third-order valence-electron chi connectivity index (χ3n) is 2.68. The molecule has 0 saturated heterocycles. The van der Waals surface area contributed by atoms with Gasteiger partial charge in [0.1, 0.15) is 0 Å². The van der Waals surface area contributed by atoms with E-state index in [4.69, 9.17) is 0 Å². The zero-order valence-electron chi connectivity index (χ0n) is 8.96. The molecule has 72 valence electrons. The topological polar surface area (TPSA) is 20.2 Å². The van der Waals surface area contributed by atoms with Crippen LogP contribution in [0, 0.1) is 11.8 Å². The maximum atomic E-state index is 10.2. The highest BCUT2D eigenvalue weighted by molar-refractivity contribution is 4.93. The Bertz CT molecular complexity index is 137. The van der Waals surface area contributed by atoms with E-state index < -0.39 is 5.60 Å². The molecule has 0 unspecified atom stereocenters. The van der Waals surface area contributed by atoms with Gasteiger partial charge in [-0.05, 0) is 25.2 Å². The van der Waals surface area contributed by atoms with Gasteiger partial charge in [-0.1, -0.05) is 39.8 Å². The SMILES string of the molecule is C/C=C/CC(O)(C(C)C)C(C)C. The molecule has 0 aliphatic carbocycles. The highest BCUT2D eigenvalue weighted by Gasteiger charge is 2.32. The van der Waals surface area contributed by atoms with E-state index in [9.17, 15) is 5.11 Å². The molecule has 0 bridgehead atoms. The fourth-order valence-electron chi connectivity index (χ4n) is 1.44. The van der Waals surface area contributed by atoms with E-state index in [2.05, 4.69) is 27.7 Å². The van der Waals surface area contributed by atoms with Crippen molar-refractivity contribution in [1.82, 2.24) is 0 Å². The van der Waals surface area contributed by atoms with Crippen molar-refractivity contribution in [2.75, 3.05) is 0 Å². The third-order valence-corrected chi connectivity index (χ3v) is 2.68. The van der Waals surface area contributed by atoms with Crippen molar-refractivity contribution in [3.8, 4) is 0 Å². The first-order valence-corrected chi connectivity index (χ1v) is 4.78. The van der Waals surface area contributed by atoms with Gasteiger partial charge in [-0.15, -0.1) is 0 Å². The van der Waals surface area contributed by atoms with Crippen molar-refractivity contribution in [2.24, 2.45) is 11.8 Å². The van der Waals surface area contributed by atoms with Gasteiger partial charge >= 0.3 is 0 Å². The molecule has 0 fully saturated rings. The largest absolute Gasteiger partial charge is 0.389 e. The summed E-state index contributed by atoms with van der Waals surface area (Å²) in [5, 5.41) is 10.2. The molecule has 0 aliphatic rings. The maximum Gasteiger partial charge on any atom is 0.0727 e. The Hall–Kier alpha value is -0.300. The second kappa shape index (κ2) is 4.66. The minimum atomic E-state index is -0.535. The van der Waals surface area contributed by atoms with Crippen LogP contribution in [-0.4, -0.2) is 10.7 Å². The summed E-state index contributed by atoms with van der Waals surface area (Å²) in [5.74, 6) is 0.627. The smallest absolute Gasteiger partial charge is 0.0727 e. The predicted molar refractivity (Wildman–Crippen MR) is 54.1 cm³/mol. The van der Waals surface area contributed by atoms with E-state index in [1.807, 2.05) is 19.1 Å². The van der Waals surface area contributed by atoms with Gasteiger partial charge < -0.3 is 5.11 Å². The second-order valence-electron chi connectivity index (χ2n) is 4.07. The average molecular weight is 170 g/mol. The van der Waals surface area contributed by atoms with Crippen molar-refractivity contribution in [3.63, 3.8) is 0 Å². The van der Waals surface area contributed by atoms with Gasteiger partial charge in [-0.3, -0.25) is 0 Å². The van der Waals surface area contributed by atoms with Gasteiger partial charge in [0.15, 0.2) is 0 Å². The molecule has 1 N–H and O–H groups in total. The van der Waals surface area contributed by atoms with Crippen LogP contribution in [-0.2, 0) is 0 Å². The molecule has 0 radical (unpaired) electrons. The van der Waals surface area contributed by atoms with Gasteiger partial charge in [0, 0.05) is 0 Å². The first kappa shape index (κ1) is 11.7. The molecule has 0 amide bonds. The molecule has 12 heavy (non-hydrogen) atoms. The summed E-state index contributed by atoms with van der Waals surface area (Å²) in [4.78, 5) is 0. The third kappa shape index (κ3) is 2.63. The van der Waals surface area contributed by atoms with Crippen LogP contribution >= 0.6 is 0 Å². The fraction of sp³-hybridized carbons (Fsp3) is 0.818. The zero-order chi connectivity index (χ0) is 9.78. The van der Waals surface area contributed by atoms with Gasteiger partial charge in [0.05, 0.1) is 5.60 Å². The number of hydrogen-bond acceptors (Lipinski definition) is 1. The Morgan fingerprint density at radius 1 is 1.17 bits per heavy atom. The lowest BCUT2D eigenvalue weighted by molar-refractivity contribution is -0.0439. The molecule has 0 spiro atoms. The first-order valence-electron chi connectivity index (χ1n) is 4.78. The highest BCUT2D eigenvalue weighted by atomic mass is 16.3.